The minimum atomic E-state index is -0.454. The van der Waals surface area contributed by atoms with Gasteiger partial charge < -0.3 is 18.6 Å². The summed E-state index contributed by atoms with van der Waals surface area (Å²) in [5.41, 5.74) is -0.329. The molecule has 28 heavy (non-hydrogen) atoms. The van der Waals surface area contributed by atoms with E-state index in [0.29, 0.717) is 0 Å². The summed E-state index contributed by atoms with van der Waals surface area (Å²) in [6.45, 7) is 22.1. The first-order chi connectivity index (χ1) is 12.8. The van der Waals surface area contributed by atoms with Crippen molar-refractivity contribution >= 4 is 14.2 Å². The molecule has 3 aliphatic heterocycles. The van der Waals surface area contributed by atoms with Crippen LogP contribution in [0.3, 0.4) is 0 Å². The summed E-state index contributed by atoms with van der Waals surface area (Å²) in [7, 11) is -0.908. The van der Waals surface area contributed by atoms with Gasteiger partial charge in [0.25, 0.3) is 0 Å². The number of nitrogens with zero attached hydrogens (tertiary/aromatic N) is 1. The fourth-order valence-corrected chi connectivity index (χ4v) is 4.00. The summed E-state index contributed by atoms with van der Waals surface area (Å²) in [6, 6.07) is 0. The highest BCUT2D eigenvalue weighted by Crippen LogP contribution is 2.44. The van der Waals surface area contributed by atoms with Gasteiger partial charge in [-0.25, -0.2) is 0 Å². The molecule has 0 spiro atoms. The molecule has 0 aromatic rings. The van der Waals surface area contributed by atoms with Gasteiger partial charge in [-0.2, -0.15) is 0 Å². The molecule has 0 aromatic heterocycles. The molecule has 7 heteroatoms. The van der Waals surface area contributed by atoms with Gasteiger partial charge in [0.2, 0.25) is 0 Å². The lowest BCUT2D eigenvalue weighted by atomic mass is 9.55. The largest absolute Gasteiger partial charge is 0.486 e. The van der Waals surface area contributed by atoms with Crippen molar-refractivity contribution in [2.24, 2.45) is 0 Å². The van der Waals surface area contributed by atoms with Gasteiger partial charge in [-0.3, -0.25) is 4.90 Å². The van der Waals surface area contributed by atoms with Crippen LogP contribution in [0.5, 0.6) is 0 Å². The lowest BCUT2D eigenvalue weighted by molar-refractivity contribution is 0.00578. The van der Waals surface area contributed by atoms with Crippen LogP contribution in [0.1, 0.15) is 81.6 Å². The zero-order valence-corrected chi connectivity index (χ0v) is 19.5. The number of hydrogen-bond donors (Lipinski definition) is 0. The molecule has 0 saturated carbocycles. The second-order valence-electron chi connectivity index (χ2n) is 10.7. The summed E-state index contributed by atoms with van der Waals surface area (Å²) in [5.74, 6) is 0. The first-order valence-corrected chi connectivity index (χ1v) is 10.9. The smallest absolute Gasteiger partial charge is 0.400 e. The number of rotatable bonds is 4. The molecule has 0 N–H and O–H groups in total. The molecule has 3 aliphatic rings. The predicted molar refractivity (Wildman–Crippen MR) is 115 cm³/mol. The van der Waals surface area contributed by atoms with Crippen LogP contribution in [-0.2, 0) is 18.6 Å². The Balaban J connectivity index is 1.92. The molecular weight excluding hydrogens is 352 g/mol. The molecule has 0 atom stereocenters. The normalized spacial score (nSPS) is 28.6. The van der Waals surface area contributed by atoms with Gasteiger partial charge >= 0.3 is 14.2 Å². The number of piperidine rings is 1. The minimum absolute atomic E-state index is 0.391. The third kappa shape index (κ3) is 4.11. The van der Waals surface area contributed by atoms with E-state index in [1.165, 1.54) is 24.8 Å². The van der Waals surface area contributed by atoms with Crippen molar-refractivity contribution in [3.05, 3.63) is 10.9 Å². The highest BCUT2D eigenvalue weighted by atomic mass is 16.7. The topological polar surface area (TPSA) is 40.2 Å². The van der Waals surface area contributed by atoms with E-state index in [-0.39, 0.29) is 0 Å². The van der Waals surface area contributed by atoms with Crippen molar-refractivity contribution < 1.29 is 18.6 Å². The second kappa shape index (κ2) is 7.42. The van der Waals surface area contributed by atoms with Crippen molar-refractivity contribution in [3.8, 4) is 0 Å². The monoisotopic (exact) mass is 391 g/mol. The molecule has 0 aromatic carbocycles. The molecule has 0 amide bonds. The van der Waals surface area contributed by atoms with Crippen molar-refractivity contribution in [1.82, 2.24) is 4.90 Å². The van der Waals surface area contributed by atoms with Crippen LogP contribution in [0.25, 0.3) is 0 Å². The molecule has 158 valence electrons. The number of likely N-dealkylation sites (tertiary alicyclic amines) is 1. The molecule has 3 rings (SSSR count). The third-order valence-electron chi connectivity index (χ3n) is 7.42. The molecule has 0 radical (unpaired) electrons. The van der Waals surface area contributed by atoms with Crippen LogP contribution in [0.4, 0.5) is 0 Å². The van der Waals surface area contributed by atoms with Crippen molar-refractivity contribution in [3.63, 3.8) is 0 Å². The van der Waals surface area contributed by atoms with Crippen molar-refractivity contribution in [1.29, 1.82) is 0 Å². The van der Waals surface area contributed by atoms with Gasteiger partial charge in [-0.05, 0) is 93.6 Å². The SMILES string of the molecule is CC(CN1CCCCC1)=C(B1OC(C)(C)C(C)(C)O1)B1OC(C)(C)C(C)(C)O1. The van der Waals surface area contributed by atoms with E-state index in [0.717, 1.165) is 25.0 Å². The minimum Gasteiger partial charge on any atom is -0.400 e. The molecule has 3 fully saturated rings. The second-order valence-corrected chi connectivity index (χ2v) is 10.7. The highest BCUT2D eigenvalue weighted by Gasteiger charge is 2.60. The molecule has 3 saturated heterocycles. The molecule has 5 nitrogen and oxygen atoms in total. The van der Waals surface area contributed by atoms with E-state index in [9.17, 15) is 0 Å². The standard InChI is InChI=1S/C21H39B2NO4/c1-16(15-24-13-11-10-12-14-24)17(22-25-18(2,3)19(4,5)26-22)23-27-20(6,7)21(8,9)28-23/h10-15H2,1-9H3. The third-order valence-corrected chi connectivity index (χ3v) is 7.42. The zero-order valence-electron chi connectivity index (χ0n) is 19.5. The van der Waals surface area contributed by atoms with E-state index in [4.69, 9.17) is 18.6 Å². The van der Waals surface area contributed by atoms with Crippen LogP contribution in [0.15, 0.2) is 10.9 Å². The van der Waals surface area contributed by atoms with E-state index in [1.54, 1.807) is 0 Å². The highest BCUT2D eigenvalue weighted by molar-refractivity contribution is 6.78. The lowest BCUT2D eigenvalue weighted by Gasteiger charge is -2.32. The van der Waals surface area contributed by atoms with Gasteiger partial charge in [-0.1, -0.05) is 12.0 Å². The van der Waals surface area contributed by atoms with Gasteiger partial charge in [0.05, 0.1) is 22.4 Å². The summed E-state index contributed by atoms with van der Waals surface area (Å²) < 4.78 is 25.7. The Bertz CT molecular complexity index is 554. The molecule has 0 aliphatic carbocycles. The Kier molecular flexibility index (Phi) is 5.92. The van der Waals surface area contributed by atoms with Gasteiger partial charge in [0, 0.05) is 6.54 Å². The Hall–Kier alpha value is -0.330. The first kappa shape index (κ1) is 22.4. The van der Waals surface area contributed by atoms with Gasteiger partial charge in [-0.15, -0.1) is 0 Å². The first-order valence-electron chi connectivity index (χ1n) is 10.9. The Morgan fingerprint density at radius 1 is 0.679 bits per heavy atom. The Morgan fingerprint density at radius 2 is 1.04 bits per heavy atom. The van der Waals surface area contributed by atoms with Crippen LogP contribution in [0, 0.1) is 0 Å². The zero-order chi connectivity index (χ0) is 21.0. The van der Waals surface area contributed by atoms with E-state index >= 15 is 0 Å². The Morgan fingerprint density at radius 3 is 1.39 bits per heavy atom. The van der Waals surface area contributed by atoms with E-state index < -0.39 is 36.6 Å². The summed E-state index contributed by atoms with van der Waals surface area (Å²) in [5, 5.41) is 1.00. The summed E-state index contributed by atoms with van der Waals surface area (Å²) >= 11 is 0. The average molecular weight is 391 g/mol. The molecule has 3 heterocycles. The number of hydrogen-bond acceptors (Lipinski definition) is 5. The summed E-state index contributed by atoms with van der Waals surface area (Å²) in [4.78, 5) is 2.52. The maximum Gasteiger partial charge on any atom is 0.486 e. The van der Waals surface area contributed by atoms with Crippen molar-refractivity contribution in [2.45, 2.75) is 104 Å². The fraction of sp³-hybridized carbons (Fsp3) is 0.905. The van der Waals surface area contributed by atoms with Crippen molar-refractivity contribution in [2.75, 3.05) is 19.6 Å². The summed E-state index contributed by atoms with van der Waals surface area (Å²) in [6.07, 6.45) is 3.88. The van der Waals surface area contributed by atoms with Crippen LogP contribution >= 0.6 is 0 Å². The molecular formula is C21H39B2NO4. The van der Waals surface area contributed by atoms with E-state index in [1.807, 2.05) is 0 Å². The Labute approximate surface area is 172 Å². The van der Waals surface area contributed by atoms with Gasteiger partial charge in [0.1, 0.15) is 0 Å². The van der Waals surface area contributed by atoms with Crippen LogP contribution in [-0.4, -0.2) is 61.2 Å². The fourth-order valence-electron chi connectivity index (χ4n) is 4.00. The predicted octanol–water partition coefficient (Wildman–Crippen LogP) is 4.05. The maximum atomic E-state index is 6.43. The molecule has 0 unspecified atom stereocenters. The lowest BCUT2D eigenvalue weighted by Crippen LogP contribution is -2.41. The van der Waals surface area contributed by atoms with E-state index in [2.05, 4.69) is 67.2 Å². The van der Waals surface area contributed by atoms with Crippen LogP contribution < -0.4 is 0 Å². The molecule has 0 bridgehead atoms. The maximum absolute atomic E-state index is 6.43. The van der Waals surface area contributed by atoms with Crippen LogP contribution in [0.2, 0.25) is 0 Å². The quantitative estimate of drug-likeness (QED) is 0.677. The van der Waals surface area contributed by atoms with Gasteiger partial charge in [0.15, 0.2) is 0 Å². The average Bonchev–Trinajstić information content (AvgIpc) is 2.87.